The van der Waals surface area contributed by atoms with Crippen molar-refractivity contribution in [2.24, 2.45) is 12.9 Å². The number of rotatable bonds is 5. The molecule has 3 N–H and O–H groups in total. The largest absolute Gasteiger partial charge is 0.486 e. The molecule has 1 aromatic heterocycles. The van der Waals surface area contributed by atoms with Crippen molar-refractivity contribution in [2.75, 3.05) is 0 Å². The van der Waals surface area contributed by atoms with Crippen LogP contribution in [0.5, 0.6) is 5.75 Å². The van der Waals surface area contributed by atoms with Crippen molar-refractivity contribution in [3.05, 3.63) is 47.8 Å². The first-order valence-corrected chi connectivity index (χ1v) is 5.86. The maximum atomic E-state index is 11.1. The van der Waals surface area contributed by atoms with Crippen LogP contribution in [-0.4, -0.2) is 15.7 Å². The van der Waals surface area contributed by atoms with Gasteiger partial charge in [-0.3, -0.25) is 14.9 Å². The molecule has 0 aliphatic heterocycles. The fraction of sp³-hybridized carbons (Fsp3) is 0.231. The Labute approximate surface area is 111 Å². The van der Waals surface area contributed by atoms with Crippen LogP contribution in [0.3, 0.4) is 0 Å². The number of aryl methyl sites for hydroxylation is 1. The summed E-state index contributed by atoms with van der Waals surface area (Å²) < 4.78 is 7.26. The molecule has 2 aromatic rings. The first-order chi connectivity index (χ1) is 9.17. The predicted molar refractivity (Wildman–Crippen MR) is 70.0 cm³/mol. The van der Waals surface area contributed by atoms with Gasteiger partial charge in [0.25, 0.3) is 0 Å². The van der Waals surface area contributed by atoms with E-state index in [-0.39, 0.29) is 12.3 Å². The van der Waals surface area contributed by atoms with Crippen LogP contribution in [0.15, 0.2) is 36.7 Å². The molecule has 100 valence electrons. The Morgan fingerprint density at radius 3 is 2.63 bits per heavy atom. The minimum Gasteiger partial charge on any atom is -0.486 e. The lowest BCUT2D eigenvalue weighted by Gasteiger charge is -2.05. The van der Waals surface area contributed by atoms with Gasteiger partial charge < -0.3 is 4.74 Å². The van der Waals surface area contributed by atoms with Crippen LogP contribution in [-0.2, 0) is 24.9 Å². The molecule has 19 heavy (non-hydrogen) atoms. The molecule has 0 bridgehead atoms. The van der Waals surface area contributed by atoms with E-state index in [2.05, 4.69) is 10.5 Å². The lowest BCUT2D eigenvalue weighted by molar-refractivity contribution is -0.120. The quantitative estimate of drug-likeness (QED) is 0.467. The summed E-state index contributed by atoms with van der Waals surface area (Å²) >= 11 is 0. The minimum absolute atomic E-state index is 0.209. The van der Waals surface area contributed by atoms with Gasteiger partial charge in [0.2, 0.25) is 5.91 Å². The molecule has 2 rings (SSSR count). The van der Waals surface area contributed by atoms with Crippen LogP contribution in [0.25, 0.3) is 0 Å². The first-order valence-electron chi connectivity index (χ1n) is 5.86. The number of nitrogens with zero attached hydrogens (tertiary/aromatic N) is 2. The second-order valence-electron chi connectivity index (χ2n) is 4.20. The summed E-state index contributed by atoms with van der Waals surface area (Å²) in [6, 6.07) is 7.62. The van der Waals surface area contributed by atoms with Crippen molar-refractivity contribution in [2.45, 2.75) is 13.0 Å². The van der Waals surface area contributed by atoms with E-state index in [1.807, 2.05) is 31.3 Å². The normalized spacial score (nSPS) is 10.2. The Balaban J connectivity index is 1.89. The average molecular weight is 260 g/mol. The van der Waals surface area contributed by atoms with Gasteiger partial charge in [-0.2, -0.15) is 5.10 Å². The van der Waals surface area contributed by atoms with Gasteiger partial charge in [0.15, 0.2) is 5.75 Å². The molecular weight excluding hydrogens is 244 g/mol. The third kappa shape index (κ3) is 3.82. The van der Waals surface area contributed by atoms with E-state index >= 15 is 0 Å². The van der Waals surface area contributed by atoms with E-state index in [1.165, 1.54) is 0 Å². The minimum atomic E-state index is -0.209. The third-order valence-electron chi connectivity index (χ3n) is 2.64. The van der Waals surface area contributed by atoms with Crippen LogP contribution < -0.4 is 16.0 Å². The summed E-state index contributed by atoms with van der Waals surface area (Å²) in [6.07, 6.45) is 3.75. The summed E-state index contributed by atoms with van der Waals surface area (Å²) in [5.41, 5.74) is 4.04. The number of hydrogen-bond acceptors (Lipinski definition) is 4. The number of nitrogens with two attached hydrogens (primary N) is 1. The topological polar surface area (TPSA) is 82.2 Å². The molecular formula is C13H16N4O2. The zero-order valence-electron chi connectivity index (χ0n) is 10.7. The summed E-state index contributed by atoms with van der Waals surface area (Å²) in [5, 5.41) is 4.02. The fourth-order valence-electron chi connectivity index (χ4n) is 1.63. The molecule has 1 heterocycles. The summed E-state index contributed by atoms with van der Waals surface area (Å²) in [7, 11) is 1.84. The lowest BCUT2D eigenvalue weighted by Crippen LogP contribution is -2.31. The number of benzene rings is 1. The Bertz CT molecular complexity index is 548. The number of nitrogens with one attached hydrogen (secondary N) is 1. The van der Waals surface area contributed by atoms with Crippen LogP contribution in [0.4, 0.5) is 0 Å². The molecule has 1 amide bonds. The Kier molecular flexibility index (Phi) is 4.15. The van der Waals surface area contributed by atoms with Crippen molar-refractivity contribution in [1.29, 1.82) is 0 Å². The van der Waals surface area contributed by atoms with Gasteiger partial charge in [0.05, 0.1) is 18.8 Å². The molecule has 1 aromatic carbocycles. The Morgan fingerprint density at radius 2 is 2.05 bits per heavy atom. The molecule has 0 unspecified atom stereocenters. The van der Waals surface area contributed by atoms with E-state index in [0.29, 0.717) is 6.61 Å². The van der Waals surface area contributed by atoms with Crippen LogP contribution in [0, 0.1) is 0 Å². The number of hydrogen-bond donors (Lipinski definition) is 2. The first kappa shape index (κ1) is 13.1. The van der Waals surface area contributed by atoms with Gasteiger partial charge in [-0.25, -0.2) is 5.84 Å². The Hall–Kier alpha value is -2.34. The third-order valence-corrected chi connectivity index (χ3v) is 2.64. The summed E-state index contributed by atoms with van der Waals surface area (Å²) in [5.74, 6) is 5.56. The monoisotopic (exact) mass is 260 g/mol. The van der Waals surface area contributed by atoms with Gasteiger partial charge in [-0.05, 0) is 11.1 Å². The summed E-state index contributed by atoms with van der Waals surface area (Å²) in [6.45, 7) is 0.467. The number of hydrazine groups is 1. The zero-order chi connectivity index (χ0) is 13.7. The van der Waals surface area contributed by atoms with E-state index in [9.17, 15) is 4.79 Å². The molecule has 0 atom stereocenters. The van der Waals surface area contributed by atoms with E-state index in [4.69, 9.17) is 10.6 Å². The van der Waals surface area contributed by atoms with E-state index in [0.717, 1.165) is 16.9 Å². The maximum Gasteiger partial charge on any atom is 0.238 e. The van der Waals surface area contributed by atoms with E-state index in [1.54, 1.807) is 17.1 Å². The second-order valence-corrected chi connectivity index (χ2v) is 4.20. The van der Waals surface area contributed by atoms with Gasteiger partial charge in [-0.1, -0.05) is 24.3 Å². The highest BCUT2D eigenvalue weighted by Crippen LogP contribution is 2.11. The lowest BCUT2D eigenvalue weighted by atomic mass is 10.1. The fourth-order valence-corrected chi connectivity index (χ4v) is 1.63. The van der Waals surface area contributed by atoms with Crippen molar-refractivity contribution in [1.82, 2.24) is 15.2 Å². The smallest absolute Gasteiger partial charge is 0.238 e. The highest BCUT2D eigenvalue weighted by molar-refractivity contribution is 5.77. The van der Waals surface area contributed by atoms with Crippen LogP contribution in [0.2, 0.25) is 0 Å². The maximum absolute atomic E-state index is 11.1. The van der Waals surface area contributed by atoms with E-state index < -0.39 is 0 Å². The number of aromatic nitrogens is 2. The number of carbonyl (C=O) groups is 1. The van der Waals surface area contributed by atoms with Gasteiger partial charge in [0, 0.05) is 7.05 Å². The van der Waals surface area contributed by atoms with Crippen LogP contribution in [0.1, 0.15) is 11.1 Å². The van der Waals surface area contributed by atoms with Crippen molar-refractivity contribution >= 4 is 5.91 Å². The molecule has 6 nitrogen and oxygen atoms in total. The van der Waals surface area contributed by atoms with Crippen molar-refractivity contribution in [3.63, 3.8) is 0 Å². The Morgan fingerprint density at radius 1 is 1.37 bits per heavy atom. The molecule has 0 saturated heterocycles. The SMILES string of the molecule is Cn1cc(OCc2ccc(CC(=O)NN)cc2)cn1. The van der Waals surface area contributed by atoms with Crippen molar-refractivity contribution < 1.29 is 9.53 Å². The van der Waals surface area contributed by atoms with Gasteiger partial charge in [0.1, 0.15) is 6.61 Å². The van der Waals surface area contributed by atoms with Gasteiger partial charge >= 0.3 is 0 Å². The predicted octanol–water partition coefficient (Wildman–Crippen LogP) is 0.531. The number of ether oxygens (including phenoxy) is 1. The van der Waals surface area contributed by atoms with Crippen LogP contribution >= 0.6 is 0 Å². The molecule has 0 aliphatic carbocycles. The molecule has 0 saturated carbocycles. The van der Waals surface area contributed by atoms with Crippen molar-refractivity contribution in [3.8, 4) is 5.75 Å². The molecule has 0 radical (unpaired) electrons. The molecule has 0 aliphatic rings. The average Bonchev–Trinajstić information content (AvgIpc) is 2.83. The zero-order valence-corrected chi connectivity index (χ0v) is 10.7. The molecule has 6 heteroatoms. The number of amides is 1. The number of carbonyl (C=O) groups excluding carboxylic acids is 1. The second kappa shape index (κ2) is 6.01. The van der Waals surface area contributed by atoms with Gasteiger partial charge in [-0.15, -0.1) is 0 Å². The molecule has 0 fully saturated rings. The molecule has 0 spiro atoms. The standard InChI is InChI=1S/C13H16N4O2/c1-17-8-12(7-15-17)19-9-11-4-2-10(3-5-11)6-13(18)16-14/h2-5,7-8H,6,9,14H2,1H3,(H,16,18). The summed E-state index contributed by atoms with van der Waals surface area (Å²) in [4.78, 5) is 11.1. The highest BCUT2D eigenvalue weighted by Gasteiger charge is 2.02. The highest BCUT2D eigenvalue weighted by atomic mass is 16.5.